The van der Waals surface area contributed by atoms with Gasteiger partial charge in [0.2, 0.25) is 21.8 Å². The van der Waals surface area contributed by atoms with Crippen molar-refractivity contribution < 1.29 is 32.3 Å². The minimum absolute atomic E-state index is 0.102. The van der Waals surface area contributed by atoms with Crippen LogP contribution in [-0.4, -0.2) is 83.1 Å². The Bertz CT molecular complexity index is 2320. The number of carbonyl (C=O) groups excluding carboxylic acids is 3. The first kappa shape index (κ1) is 38.8. The number of anilines is 1. The Hall–Kier alpha value is -5.02. The second kappa shape index (κ2) is 15.4. The Morgan fingerprint density at radius 3 is 2.61 bits per heavy atom. The quantitative estimate of drug-likeness (QED) is 0.173. The zero-order valence-corrected chi connectivity index (χ0v) is 34.0. The number of hydrogen-bond donors (Lipinski definition) is 3. The number of para-hydroxylation sites is 1. The number of nitrogens with zero attached hydrogens (tertiary/aromatic N) is 3. The fourth-order valence-corrected chi connectivity index (χ4v) is 9.93. The minimum Gasteiger partial charge on any atom is -0.496 e. The van der Waals surface area contributed by atoms with E-state index in [0.29, 0.717) is 47.0 Å². The first-order chi connectivity index (χ1) is 27.4. The van der Waals surface area contributed by atoms with Crippen molar-refractivity contribution in [3.8, 4) is 22.2 Å². The van der Waals surface area contributed by atoms with Gasteiger partial charge in [-0.1, -0.05) is 43.2 Å². The monoisotopic (exact) mass is 812 g/mol. The van der Waals surface area contributed by atoms with Gasteiger partial charge in [0, 0.05) is 46.6 Å². The minimum atomic E-state index is -3.97. The van der Waals surface area contributed by atoms with Crippen LogP contribution >= 0.6 is 11.3 Å². The van der Waals surface area contributed by atoms with Gasteiger partial charge in [0.25, 0.3) is 5.91 Å². The third-order valence-corrected chi connectivity index (χ3v) is 14.9. The summed E-state index contributed by atoms with van der Waals surface area (Å²) in [7, 11) is -2.36. The molecular weight excluding hydrogens is 765 g/mol. The number of aryl methyl sites for hydroxylation is 1. The van der Waals surface area contributed by atoms with Crippen LogP contribution in [0.15, 0.2) is 72.3 Å². The van der Waals surface area contributed by atoms with Crippen molar-refractivity contribution in [3.05, 3.63) is 77.8 Å². The highest BCUT2D eigenvalue weighted by Gasteiger charge is 2.63. The zero-order chi connectivity index (χ0) is 40.0. The Labute approximate surface area is 336 Å². The molecule has 57 heavy (non-hydrogen) atoms. The predicted octanol–water partition coefficient (Wildman–Crippen LogP) is 5.90. The summed E-state index contributed by atoms with van der Waals surface area (Å²) in [5, 5.41) is 9.74. The lowest BCUT2D eigenvalue weighted by atomic mass is 10.0. The van der Waals surface area contributed by atoms with Crippen molar-refractivity contribution in [3.63, 3.8) is 0 Å². The van der Waals surface area contributed by atoms with Gasteiger partial charge in [-0.2, -0.15) is 0 Å². The normalized spacial score (nSPS) is 26.5. The average molecular weight is 813 g/mol. The maximum Gasteiger partial charge on any atom is 0.259 e. The lowest BCUT2D eigenvalue weighted by molar-refractivity contribution is -0.140. The van der Waals surface area contributed by atoms with Crippen LogP contribution in [0.25, 0.3) is 21.6 Å². The second-order valence-electron chi connectivity index (χ2n) is 15.9. The largest absolute Gasteiger partial charge is 0.496 e. The number of sulfonamides is 1. The molecule has 0 unspecified atom stereocenters. The Morgan fingerprint density at radius 2 is 1.88 bits per heavy atom. The van der Waals surface area contributed by atoms with Gasteiger partial charge >= 0.3 is 0 Å². The topological polar surface area (TPSA) is 169 Å². The molecule has 2 aliphatic heterocycles. The lowest BCUT2D eigenvalue weighted by Crippen LogP contribution is -2.58. The van der Waals surface area contributed by atoms with E-state index in [9.17, 15) is 22.8 Å². The van der Waals surface area contributed by atoms with Gasteiger partial charge in [0.05, 0.1) is 23.9 Å². The second-order valence-corrected chi connectivity index (χ2v) is 19.0. The molecule has 3 amide bonds. The highest BCUT2D eigenvalue weighted by atomic mass is 32.2. The summed E-state index contributed by atoms with van der Waals surface area (Å²) in [6.07, 6.45) is 10.2. The van der Waals surface area contributed by atoms with E-state index in [1.54, 1.807) is 25.1 Å². The lowest BCUT2D eigenvalue weighted by Gasteiger charge is -2.30. The number of allylic oxidation sites excluding steroid dienone is 1. The number of benzene rings is 2. The SMILES string of the molecule is COc1ccc2c(O[C@@H]3C[C@H]4C(=O)N[C@]5(C(=O)NS(=O)(=O)C6(C)CC6)C[C@H]5/C=C\CCCCC[C@H](Nc5ccccc5)C(=O)N4C3)cc(-c3nccs3)nc2c1C. The molecule has 3 N–H and O–H groups in total. The van der Waals surface area contributed by atoms with E-state index in [4.69, 9.17) is 14.5 Å². The Kier molecular flexibility index (Phi) is 10.5. The van der Waals surface area contributed by atoms with Crippen LogP contribution in [0, 0.1) is 12.8 Å². The number of carbonyl (C=O) groups is 3. The maximum absolute atomic E-state index is 14.8. The van der Waals surface area contributed by atoms with Gasteiger partial charge in [0.15, 0.2) is 0 Å². The first-order valence-electron chi connectivity index (χ1n) is 19.6. The van der Waals surface area contributed by atoms with Gasteiger partial charge in [0.1, 0.15) is 45.9 Å². The molecular formula is C42H48N6O7S2. The summed E-state index contributed by atoms with van der Waals surface area (Å²) >= 11 is 1.45. The number of pyridine rings is 1. The van der Waals surface area contributed by atoms with E-state index in [2.05, 4.69) is 20.3 Å². The van der Waals surface area contributed by atoms with E-state index < -0.39 is 56.2 Å². The van der Waals surface area contributed by atoms with E-state index in [-0.39, 0.29) is 25.3 Å². The fraction of sp³-hybridized carbons (Fsp3) is 0.452. The van der Waals surface area contributed by atoms with Gasteiger partial charge in [-0.05, 0) is 76.6 Å². The molecule has 2 aromatic carbocycles. The summed E-state index contributed by atoms with van der Waals surface area (Å²) in [4.78, 5) is 54.4. The smallest absolute Gasteiger partial charge is 0.259 e. The Balaban J connectivity index is 1.14. The molecule has 300 valence electrons. The van der Waals surface area contributed by atoms with Crippen LogP contribution in [0.1, 0.15) is 70.3 Å². The first-order valence-corrected chi connectivity index (χ1v) is 22.0. The molecule has 0 radical (unpaired) electrons. The van der Waals surface area contributed by atoms with Crippen molar-refractivity contribution in [1.29, 1.82) is 0 Å². The molecule has 0 bridgehead atoms. The summed E-state index contributed by atoms with van der Waals surface area (Å²) in [5.74, 6) is -0.735. The number of aromatic nitrogens is 2. The molecule has 4 heterocycles. The molecule has 13 nitrogen and oxygen atoms in total. The van der Waals surface area contributed by atoms with Crippen molar-refractivity contribution in [2.24, 2.45) is 5.92 Å². The Morgan fingerprint density at radius 1 is 1.07 bits per heavy atom. The summed E-state index contributed by atoms with van der Waals surface area (Å²) in [5.41, 5.74) is 1.45. The van der Waals surface area contributed by atoms with Crippen LogP contribution in [0.4, 0.5) is 5.69 Å². The van der Waals surface area contributed by atoms with E-state index in [0.717, 1.165) is 42.3 Å². The molecule has 3 fully saturated rings. The standard InChI is InChI=1S/C42H48N6O7S2/c1-26-34(54-3)17-16-30-35(23-32(45-36(26)30)38-43-20-21-56-38)55-29-22-33-37(49)46-42(40(51)47-57(52,53)41(2)18-19-41)24-27(42)12-8-5-4-6-11-15-31(39(50)48(33)25-29)44-28-13-9-7-10-14-28/h7-10,12-14,16-17,20-21,23,27,29,31,33,44H,4-6,11,15,18-19,22,24-25H2,1-3H3,(H,46,49)(H,47,51)/b12-8-/t27-,29-,31+,33+,42-/m1/s1. The van der Waals surface area contributed by atoms with Gasteiger partial charge in [-0.3, -0.25) is 19.1 Å². The number of ether oxygens (including phenoxy) is 2. The van der Waals surface area contributed by atoms with Crippen LogP contribution in [0.2, 0.25) is 0 Å². The molecule has 2 aromatic heterocycles. The number of methoxy groups -OCH3 is 1. The molecule has 2 saturated carbocycles. The number of fused-ring (bicyclic) bond motifs is 3. The molecule has 5 atom stereocenters. The predicted molar refractivity (Wildman–Crippen MR) is 218 cm³/mol. The maximum atomic E-state index is 14.8. The number of thiazole rings is 1. The molecule has 2 aliphatic carbocycles. The molecule has 8 rings (SSSR count). The highest BCUT2D eigenvalue weighted by molar-refractivity contribution is 7.91. The van der Waals surface area contributed by atoms with Crippen LogP contribution in [0.3, 0.4) is 0 Å². The van der Waals surface area contributed by atoms with Crippen LogP contribution < -0.4 is 24.8 Å². The number of amides is 3. The van der Waals surface area contributed by atoms with Crippen molar-refractivity contribution in [2.45, 2.75) is 100 Å². The van der Waals surface area contributed by atoms with Crippen LogP contribution in [0.5, 0.6) is 11.5 Å². The fourth-order valence-electron chi connectivity index (χ4n) is 8.02. The van der Waals surface area contributed by atoms with Crippen molar-refractivity contribution >= 4 is 55.7 Å². The van der Waals surface area contributed by atoms with E-state index >= 15 is 0 Å². The van der Waals surface area contributed by atoms with Gasteiger partial charge in [-0.25, -0.2) is 18.4 Å². The number of rotatable bonds is 9. The molecule has 4 aliphatic rings. The van der Waals surface area contributed by atoms with E-state index in [1.165, 1.54) is 11.3 Å². The summed E-state index contributed by atoms with van der Waals surface area (Å²) < 4.78 is 40.2. The zero-order valence-electron chi connectivity index (χ0n) is 32.3. The van der Waals surface area contributed by atoms with Gasteiger partial charge < -0.3 is 25.0 Å². The van der Waals surface area contributed by atoms with Gasteiger partial charge in [-0.15, -0.1) is 11.3 Å². The van der Waals surface area contributed by atoms with E-state index in [1.807, 2.05) is 73.0 Å². The third-order valence-electron chi connectivity index (χ3n) is 11.9. The highest BCUT2D eigenvalue weighted by Crippen LogP contribution is 2.48. The third kappa shape index (κ3) is 7.71. The molecule has 15 heteroatoms. The summed E-state index contributed by atoms with van der Waals surface area (Å²) in [6.45, 7) is 3.65. The molecule has 4 aromatic rings. The van der Waals surface area contributed by atoms with Crippen molar-refractivity contribution in [2.75, 3.05) is 19.0 Å². The number of hydrogen-bond acceptors (Lipinski definition) is 11. The van der Waals surface area contributed by atoms with Crippen molar-refractivity contribution in [1.82, 2.24) is 24.9 Å². The molecule has 1 saturated heterocycles. The number of nitrogens with one attached hydrogen (secondary N) is 3. The average Bonchev–Trinajstić information content (AvgIpc) is 3.95. The van der Waals surface area contributed by atoms with Crippen LogP contribution in [-0.2, 0) is 24.4 Å². The molecule has 0 spiro atoms. The summed E-state index contributed by atoms with van der Waals surface area (Å²) in [6, 6.07) is 13.5.